The van der Waals surface area contributed by atoms with Gasteiger partial charge >= 0.3 is 0 Å². The number of nitrogens with one attached hydrogen (secondary N) is 1. The maximum Gasteiger partial charge on any atom is 0.111 e. The molecule has 0 spiro atoms. The molecule has 2 heterocycles. The average molecular weight is 360 g/mol. The van der Waals surface area contributed by atoms with Crippen LogP contribution in [0.1, 0.15) is 30.1 Å². The van der Waals surface area contributed by atoms with E-state index in [2.05, 4.69) is 28.1 Å². The third-order valence-corrected chi connectivity index (χ3v) is 5.43. The van der Waals surface area contributed by atoms with Crippen molar-refractivity contribution in [2.75, 3.05) is 13.1 Å². The Morgan fingerprint density at radius 1 is 1.12 bits per heavy atom. The van der Waals surface area contributed by atoms with E-state index in [-0.39, 0.29) is 0 Å². The molecule has 24 heavy (non-hydrogen) atoms. The fraction of sp³-hybridized carbons (Fsp3) is 0.316. The molecule has 1 N–H and O–H groups in total. The summed E-state index contributed by atoms with van der Waals surface area (Å²) in [4.78, 5) is 10.7. The normalized spacial score (nSPS) is 19.0. The van der Waals surface area contributed by atoms with Crippen molar-refractivity contribution in [1.29, 1.82) is 0 Å². The van der Waals surface area contributed by atoms with Crippen LogP contribution >= 0.6 is 23.2 Å². The second kappa shape index (κ2) is 6.75. The van der Waals surface area contributed by atoms with E-state index in [1.54, 1.807) is 0 Å². The van der Waals surface area contributed by atoms with E-state index in [4.69, 9.17) is 28.2 Å². The number of rotatable bonds is 3. The molecule has 2 aromatic carbocycles. The molecule has 4 rings (SSSR count). The molecule has 0 aliphatic carbocycles. The van der Waals surface area contributed by atoms with Crippen LogP contribution < -0.4 is 0 Å². The summed E-state index contributed by atoms with van der Waals surface area (Å²) in [5, 5.41) is 1.24. The largest absolute Gasteiger partial charge is 0.342 e. The summed E-state index contributed by atoms with van der Waals surface area (Å²) in [6, 6.07) is 14.1. The number of hydrogen-bond acceptors (Lipinski definition) is 2. The van der Waals surface area contributed by atoms with Gasteiger partial charge in [-0.05, 0) is 49.2 Å². The molecular formula is C19H19Cl2N3. The molecule has 0 amide bonds. The monoisotopic (exact) mass is 359 g/mol. The van der Waals surface area contributed by atoms with E-state index in [1.807, 2.05) is 24.3 Å². The van der Waals surface area contributed by atoms with Crippen LogP contribution in [-0.4, -0.2) is 28.0 Å². The fourth-order valence-electron chi connectivity index (χ4n) is 3.48. The summed E-state index contributed by atoms with van der Waals surface area (Å²) >= 11 is 12.1. The standard InChI is InChI=1S/C19H19Cl2N3/c20-15-8-7-13(10-16(15)21)11-24-9-3-4-14(12-24)19-22-17-5-1-2-6-18(17)23-19/h1-2,5-8,10,14H,3-4,9,11-12H2,(H,22,23)/t14-/m0/s1. The Bertz CT molecular complexity index is 826. The van der Waals surface area contributed by atoms with Crippen LogP contribution in [0.25, 0.3) is 11.0 Å². The number of likely N-dealkylation sites (tertiary alicyclic amines) is 1. The van der Waals surface area contributed by atoms with Gasteiger partial charge in [0.25, 0.3) is 0 Å². The summed E-state index contributed by atoms with van der Waals surface area (Å²) in [5.41, 5.74) is 3.37. The lowest BCUT2D eigenvalue weighted by Crippen LogP contribution is -2.34. The lowest BCUT2D eigenvalue weighted by Gasteiger charge is -2.31. The first kappa shape index (κ1) is 15.9. The Balaban J connectivity index is 1.49. The average Bonchev–Trinajstić information content (AvgIpc) is 3.03. The van der Waals surface area contributed by atoms with Crippen molar-refractivity contribution in [3.8, 4) is 0 Å². The van der Waals surface area contributed by atoms with Gasteiger partial charge in [-0.2, -0.15) is 0 Å². The van der Waals surface area contributed by atoms with Crippen LogP contribution in [-0.2, 0) is 6.54 Å². The van der Waals surface area contributed by atoms with Crippen molar-refractivity contribution in [2.45, 2.75) is 25.3 Å². The first-order valence-electron chi connectivity index (χ1n) is 8.30. The van der Waals surface area contributed by atoms with Gasteiger partial charge in [0.05, 0.1) is 21.1 Å². The number of imidazole rings is 1. The molecule has 3 aromatic rings. The second-order valence-electron chi connectivity index (χ2n) is 6.46. The zero-order valence-corrected chi connectivity index (χ0v) is 14.8. The van der Waals surface area contributed by atoms with Crippen molar-refractivity contribution in [2.24, 2.45) is 0 Å². The topological polar surface area (TPSA) is 31.9 Å². The highest BCUT2D eigenvalue weighted by Crippen LogP contribution is 2.29. The number of fused-ring (bicyclic) bond motifs is 1. The second-order valence-corrected chi connectivity index (χ2v) is 7.28. The molecule has 1 aromatic heterocycles. The molecule has 5 heteroatoms. The van der Waals surface area contributed by atoms with Crippen molar-refractivity contribution in [3.05, 3.63) is 63.9 Å². The van der Waals surface area contributed by atoms with Crippen LogP contribution in [0.15, 0.2) is 42.5 Å². The van der Waals surface area contributed by atoms with Crippen LogP contribution in [0.5, 0.6) is 0 Å². The zero-order chi connectivity index (χ0) is 16.5. The Hall–Kier alpha value is -1.55. The number of para-hydroxylation sites is 2. The van der Waals surface area contributed by atoms with E-state index >= 15 is 0 Å². The number of aromatic amines is 1. The van der Waals surface area contributed by atoms with E-state index in [1.165, 1.54) is 18.4 Å². The van der Waals surface area contributed by atoms with Crippen LogP contribution in [0.4, 0.5) is 0 Å². The first-order chi connectivity index (χ1) is 11.7. The van der Waals surface area contributed by atoms with E-state index < -0.39 is 0 Å². The molecule has 3 nitrogen and oxygen atoms in total. The Kier molecular flexibility index (Phi) is 4.49. The summed E-state index contributed by atoms with van der Waals surface area (Å²) in [6.45, 7) is 3.02. The molecule has 1 aliphatic heterocycles. The van der Waals surface area contributed by atoms with Gasteiger partial charge in [-0.15, -0.1) is 0 Å². The Morgan fingerprint density at radius 3 is 2.83 bits per heavy atom. The maximum atomic E-state index is 6.14. The van der Waals surface area contributed by atoms with Gasteiger partial charge < -0.3 is 4.98 Å². The van der Waals surface area contributed by atoms with Gasteiger partial charge in [-0.3, -0.25) is 4.90 Å². The quantitative estimate of drug-likeness (QED) is 0.692. The van der Waals surface area contributed by atoms with Gasteiger partial charge in [0.2, 0.25) is 0 Å². The number of piperidine rings is 1. The molecule has 1 atom stereocenters. The molecule has 1 aliphatic rings. The van der Waals surface area contributed by atoms with Crippen molar-refractivity contribution in [1.82, 2.24) is 14.9 Å². The van der Waals surface area contributed by atoms with Gasteiger partial charge in [0, 0.05) is 19.0 Å². The van der Waals surface area contributed by atoms with Crippen molar-refractivity contribution in [3.63, 3.8) is 0 Å². The zero-order valence-electron chi connectivity index (χ0n) is 13.3. The fourth-order valence-corrected chi connectivity index (χ4v) is 3.81. The molecule has 124 valence electrons. The number of H-pyrrole nitrogens is 1. The molecule has 0 unspecified atom stereocenters. The predicted molar refractivity (Wildman–Crippen MR) is 99.8 cm³/mol. The molecule has 1 fully saturated rings. The van der Waals surface area contributed by atoms with Gasteiger partial charge in [-0.1, -0.05) is 41.4 Å². The lowest BCUT2D eigenvalue weighted by molar-refractivity contribution is 0.197. The molecule has 0 saturated carbocycles. The summed E-state index contributed by atoms with van der Waals surface area (Å²) in [5.74, 6) is 1.56. The van der Waals surface area contributed by atoms with Crippen LogP contribution in [0.2, 0.25) is 10.0 Å². The number of benzene rings is 2. The lowest BCUT2D eigenvalue weighted by atomic mass is 9.97. The van der Waals surface area contributed by atoms with E-state index in [0.29, 0.717) is 16.0 Å². The molecule has 1 saturated heterocycles. The number of nitrogens with zero attached hydrogens (tertiary/aromatic N) is 2. The minimum Gasteiger partial charge on any atom is -0.342 e. The van der Waals surface area contributed by atoms with E-state index in [0.717, 1.165) is 36.5 Å². The number of aromatic nitrogens is 2. The number of halogens is 2. The van der Waals surface area contributed by atoms with Crippen LogP contribution in [0.3, 0.4) is 0 Å². The van der Waals surface area contributed by atoms with Crippen molar-refractivity contribution < 1.29 is 0 Å². The first-order valence-corrected chi connectivity index (χ1v) is 9.05. The number of hydrogen-bond donors (Lipinski definition) is 1. The van der Waals surface area contributed by atoms with Gasteiger partial charge in [0.1, 0.15) is 5.82 Å². The SMILES string of the molecule is Clc1ccc(CN2CCC[C@H](c3nc4ccccc4[nH]3)C2)cc1Cl. The Labute approximate surface area is 151 Å². The summed E-state index contributed by atoms with van der Waals surface area (Å²) in [6.07, 6.45) is 2.36. The summed E-state index contributed by atoms with van der Waals surface area (Å²) < 4.78 is 0. The Morgan fingerprint density at radius 2 is 2.00 bits per heavy atom. The van der Waals surface area contributed by atoms with Gasteiger partial charge in [-0.25, -0.2) is 4.98 Å². The third kappa shape index (κ3) is 3.30. The van der Waals surface area contributed by atoms with Crippen LogP contribution in [0, 0.1) is 0 Å². The minimum absolute atomic E-state index is 0.453. The highest BCUT2D eigenvalue weighted by molar-refractivity contribution is 6.42. The smallest absolute Gasteiger partial charge is 0.111 e. The van der Waals surface area contributed by atoms with E-state index in [9.17, 15) is 0 Å². The summed E-state index contributed by atoms with van der Waals surface area (Å²) in [7, 11) is 0. The highest BCUT2D eigenvalue weighted by Gasteiger charge is 2.24. The molecule has 0 bridgehead atoms. The van der Waals surface area contributed by atoms with Gasteiger partial charge in [0.15, 0.2) is 0 Å². The third-order valence-electron chi connectivity index (χ3n) is 4.69. The minimum atomic E-state index is 0.453. The van der Waals surface area contributed by atoms with Crippen molar-refractivity contribution >= 4 is 34.2 Å². The maximum absolute atomic E-state index is 6.14. The molecule has 0 radical (unpaired) electrons. The predicted octanol–water partition coefficient (Wildman–Crippen LogP) is 5.25. The highest BCUT2D eigenvalue weighted by atomic mass is 35.5. The molecular weight excluding hydrogens is 341 g/mol.